The lowest BCUT2D eigenvalue weighted by molar-refractivity contribution is 0.0919. The van der Waals surface area contributed by atoms with Gasteiger partial charge in [-0.1, -0.05) is 13.8 Å². The minimum Gasteiger partial charge on any atom is -0.508 e. The second-order valence-electron chi connectivity index (χ2n) is 4.57. The van der Waals surface area contributed by atoms with E-state index >= 15 is 0 Å². The number of fused-ring (bicyclic) bond motifs is 1. The number of H-pyrrole nitrogens is 1. The van der Waals surface area contributed by atoms with Gasteiger partial charge < -0.3 is 10.1 Å². The quantitative estimate of drug-likeness (QED) is 0.624. The van der Waals surface area contributed by atoms with Crippen LogP contribution in [0, 0.1) is 0 Å². The van der Waals surface area contributed by atoms with Gasteiger partial charge in [0.1, 0.15) is 11.4 Å². The maximum Gasteiger partial charge on any atom is 0.281 e. The minimum absolute atomic E-state index is 0.177. The van der Waals surface area contributed by atoms with Crippen molar-refractivity contribution in [2.45, 2.75) is 32.7 Å². The van der Waals surface area contributed by atoms with Crippen molar-refractivity contribution in [1.82, 2.24) is 15.8 Å². The Labute approximate surface area is 112 Å². The number of hydrazine groups is 1. The Kier molecular flexibility index (Phi) is 4.06. The summed E-state index contributed by atoms with van der Waals surface area (Å²) in [4.78, 5) is 15.0. The van der Waals surface area contributed by atoms with Crippen LogP contribution in [0.25, 0.3) is 10.9 Å². The van der Waals surface area contributed by atoms with Crippen molar-refractivity contribution in [1.29, 1.82) is 0 Å². The highest BCUT2D eigenvalue weighted by atomic mass is 16.3. The molecule has 2 aromatic rings. The molecule has 1 amide bonds. The van der Waals surface area contributed by atoms with Crippen LogP contribution < -0.4 is 10.9 Å². The molecular formula is C14H19N3O2. The molecule has 0 saturated heterocycles. The van der Waals surface area contributed by atoms with Gasteiger partial charge >= 0.3 is 0 Å². The van der Waals surface area contributed by atoms with E-state index in [0.29, 0.717) is 5.69 Å². The molecule has 1 heterocycles. The minimum atomic E-state index is -0.206. The number of carbonyl (C=O) groups excluding carboxylic acids is 1. The summed E-state index contributed by atoms with van der Waals surface area (Å²) in [5, 5.41) is 10.3. The number of aromatic nitrogens is 1. The molecule has 1 aromatic heterocycles. The lowest BCUT2D eigenvalue weighted by Crippen LogP contribution is -2.43. The highest BCUT2D eigenvalue weighted by Crippen LogP contribution is 2.20. The summed E-state index contributed by atoms with van der Waals surface area (Å²) in [6.45, 7) is 4.14. The first kappa shape index (κ1) is 13.4. The molecule has 0 unspecified atom stereocenters. The maximum absolute atomic E-state index is 12.0. The molecule has 0 fully saturated rings. The fraction of sp³-hybridized carbons (Fsp3) is 0.357. The van der Waals surface area contributed by atoms with Crippen LogP contribution in [0.4, 0.5) is 0 Å². The summed E-state index contributed by atoms with van der Waals surface area (Å²) < 4.78 is 0. The third-order valence-corrected chi connectivity index (χ3v) is 3.23. The van der Waals surface area contributed by atoms with Crippen LogP contribution in [0.3, 0.4) is 0 Å². The molecule has 2 rings (SSSR count). The Morgan fingerprint density at radius 1 is 1.32 bits per heavy atom. The Morgan fingerprint density at radius 3 is 2.74 bits per heavy atom. The molecular weight excluding hydrogens is 242 g/mol. The van der Waals surface area contributed by atoms with Crippen LogP contribution in [0.15, 0.2) is 24.3 Å². The Bertz CT molecular complexity index is 573. The lowest BCUT2D eigenvalue weighted by Gasteiger charge is -2.14. The monoisotopic (exact) mass is 261 g/mol. The number of rotatable bonds is 5. The van der Waals surface area contributed by atoms with Crippen LogP contribution in [0.1, 0.15) is 37.2 Å². The van der Waals surface area contributed by atoms with Gasteiger partial charge in [0.2, 0.25) is 0 Å². The largest absolute Gasteiger partial charge is 0.508 e. The molecule has 0 spiro atoms. The number of carbonyl (C=O) groups is 1. The van der Waals surface area contributed by atoms with Crippen molar-refractivity contribution in [3.63, 3.8) is 0 Å². The van der Waals surface area contributed by atoms with Gasteiger partial charge in [-0.2, -0.15) is 0 Å². The second kappa shape index (κ2) is 5.75. The van der Waals surface area contributed by atoms with E-state index in [1.165, 1.54) is 0 Å². The van der Waals surface area contributed by atoms with Gasteiger partial charge in [-0.15, -0.1) is 0 Å². The molecule has 0 saturated carbocycles. The number of phenolic OH excluding ortho intramolecular Hbond substituents is 1. The smallest absolute Gasteiger partial charge is 0.281 e. The van der Waals surface area contributed by atoms with Gasteiger partial charge in [0.05, 0.1) is 0 Å². The molecule has 5 nitrogen and oxygen atoms in total. The molecule has 0 bridgehead atoms. The molecule has 0 aliphatic carbocycles. The molecule has 1 aromatic carbocycles. The molecule has 102 valence electrons. The Hall–Kier alpha value is -2.01. The van der Waals surface area contributed by atoms with E-state index < -0.39 is 0 Å². The summed E-state index contributed by atoms with van der Waals surface area (Å²) in [6, 6.07) is 7.00. The van der Waals surface area contributed by atoms with E-state index in [0.717, 1.165) is 23.7 Å². The third-order valence-electron chi connectivity index (χ3n) is 3.23. The zero-order valence-electron chi connectivity index (χ0n) is 11.2. The Balaban J connectivity index is 2.09. The average Bonchev–Trinajstić information content (AvgIpc) is 2.82. The van der Waals surface area contributed by atoms with Gasteiger partial charge in [0.25, 0.3) is 5.91 Å². The van der Waals surface area contributed by atoms with Crippen molar-refractivity contribution < 1.29 is 9.90 Å². The highest BCUT2D eigenvalue weighted by Gasteiger charge is 2.11. The van der Waals surface area contributed by atoms with Gasteiger partial charge in [-0.05, 0) is 31.0 Å². The van der Waals surface area contributed by atoms with E-state index in [1.807, 2.05) is 0 Å². The number of hydrogen-bond donors (Lipinski definition) is 4. The first-order valence-corrected chi connectivity index (χ1v) is 6.51. The molecule has 0 aliphatic heterocycles. The van der Waals surface area contributed by atoms with Crippen LogP contribution in [0.2, 0.25) is 0 Å². The number of amides is 1. The zero-order valence-corrected chi connectivity index (χ0v) is 11.2. The summed E-state index contributed by atoms with van der Waals surface area (Å²) in [5.74, 6) is -0.0287. The Morgan fingerprint density at radius 2 is 2.05 bits per heavy atom. The number of aromatic amines is 1. The molecule has 0 aliphatic rings. The standard InChI is InChI=1S/C14H19N3O2/c1-3-10(4-2)16-17-14(19)13-7-9-5-6-11(18)8-12(9)15-13/h5-8,10,15-16,18H,3-4H2,1-2H3,(H,17,19). The van der Waals surface area contributed by atoms with Crippen molar-refractivity contribution in [3.05, 3.63) is 30.0 Å². The van der Waals surface area contributed by atoms with E-state index in [4.69, 9.17) is 0 Å². The molecule has 0 radical (unpaired) electrons. The molecule has 5 heteroatoms. The summed E-state index contributed by atoms with van der Waals surface area (Å²) in [6.07, 6.45) is 1.91. The molecule has 0 atom stereocenters. The van der Waals surface area contributed by atoms with Crippen LogP contribution in [-0.2, 0) is 0 Å². The normalized spacial score (nSPS) is 11.1. The molecule has 4 N–H and O–H groups in total. The fourth-order valence-corrected chi connectivity index (χ4v) is 1.97. The first-order chi connectivity index (χ1) is 9.13. The van der Waals surface area contributed by atoms with Crippen molar-refractivity contribution in [2.75, 3.05) is 0 Å². The third kappa shape index (κ3) is 3.06. The van der Waals surface area contributed by atoms with Crippen LogP contribution in [-0.4, -0.2) is 22.0 Å². The predicted octanol–water partition coefficient (Wildman–Crippen LogP) is 2.30. The number of nitrogens with one attached hydrogen (secondary N) is 3. The molecule has 19 heavy (non-hydrogen) atoms. The lowest BCUT2D eigenvalue weighted by atomic mass is 10.2. The van der Waals surface area contributed by atoms with E-state index in [-0.39, 0.29) is 17.7 Å². The summed E-state index contributed by atoms with van der Waals surface area (Å²) in [5.41, 5.74) is 6.91. The highest BCUT2D eigenvalue weighted by molar-refractivity contribution is 5.98. The van der Waals surface area contributed by atoms with Gasteiger partial charge in [-0.25, -0.2) is 5.43 Å². The number of hydrogen-bond acceptors (Lipinski definition) is 3. The maximum atomic E-state index is 12.0. The van der Waals surface area contributed by atoms with E-state index in [1.54, 1.807) is 24.3 Å². The van der Waals surface area contributed by atoms with E-state index in [9.17, 15) is 9.90 Å². The number of phenols is 1. The van der Waals surface area contributed by atoms with Gasteiger partial charge in [-0.3, -0.25) is 10.2 Å². The second-order valence-corrected chi connectivity index (χ2v) is 4.57. The van der Waals surface area contributed by atoms with Crippen LogP contribution in [0.5, 0.6) is 5.75 Å². The topological polar surface area (TPSA) is 77.2 Å². The number of aromatic hydroxyl groups is 1. The van der Waals surface area contributed by atoms with Crippen molar-refractivity contribution in [2.24, 2.45) is 0 Å². The van der Waals surface area contributed by atoms with Crippen LogP contribution >= 0.6 is 0 Å². The summed E-state index contributed by atoms with van der Waals surface area (Å²) in [7, 11) is 0. The average molecular weight is 261 g/mol. The SMILES string of the molecule is CCC(CC)NNC(=O)c1cc2ccc(O)cc2[nH]1. The first-order valence-electron chi connectivity index (χ1n) is 6.51. The summed E-state index contributed by atoms with van der Waals surface area (Å²) >= 11 is 0. The fourth-order valence-electron chi connectivity index (χ4n) is 1.97. The van der Waals surface area contributed by atoms with Gasteiger partial charge in [0.15, 0.2) is 0 Å². The zero-order chi connectivity index (χ0) is 13.8. The number of benzene rings is 1. The predicted molar refractivity (Wildman–Crippen MR) is 74.9 cm³/mol. The van der Waals surface area contributed by atoms with Gasteiger partial charge in [0, 0.05) is 23.0 Å². The van der Waals surface area contributed by atoms with Crippen molar-refractivity contribution >= 4 is 16.8 Å². The van der Waals surface area contributed by atoms with Crippen molar-refractivity contribution in [3.8, 4) is 5.75 Å². The van der Waals surface area contributed by atoms with E-state index in [2.05, 4.69) is 29.7 Å².